The van der Waals surface area contributed by atoms with Gasteiger partial charge in [-0.1, -0.05) is 0 Å². The molecule has 1 aromatic heterocycles. The molecule has 1 aromatic rings. The van der Waals surface area contributed by atoms with Crippen molar-refractivity contribution in [2.24, 2.45) is 5.92 Å². The molecule has 21 heavy (non-hydrogen) atoms. The minimum atomic E-state index is -3.58. The lowest BCUT2D eigenvalue weighted by molar-refractivity contribution is 0.123. The highest BCUT2D eigenvalue weighted by molar-refractivity contribution is 9.10. The Morgan fingerprint density at radius 3 is 2.90 bits per heavy atom. The zero-order chi connectivity index (χ0) is 15.3. The highest BCUT2D eigenvalue weighted by atomic mass is 79.9. The molecule has 1 aliphatic carbocycles. The van der Waals surface area contributed by atoms with Crippen LogP contribution in [0.25, 0.3) is 0 Å². The van der Waals surface area contributed by atoms with E-state index in [2.05, 4.69) is 31.0 Å². The molecule has 0 spiro atoms. The summed E-state index contributed by atoms with van der Waals surface area (Å²) in [6.45, 7) is 1.73. The topological polar surface area (TPSA) is 80.3 Å². The Morgan fingerprint density at radius 1 is 1.48 bits per heavy atom. The van der Waals surface area contributed by atoms with Crippen LogP contribution in [-0.2, 0) is 14.8 Å². The fraction of sp³-hybridized carbons (Fsp3) is 0.615. The van der Waals surface area contributed by atoms with E-state index in [1.54, 1.807) is 13.2 Å². The van der Waals surface area contributed by atoms with E-state index in [4.69, 9.17) is 4.74 Å². The zero-order valence-corrected chi connectivity index (χ0v) is 14.3. The Hall–Kier alpha value is -0.700. The van der Waals surface area contributed by atoms with Gasteiger partial charge in [-0.2, -0.15) is 0 Å². The number of hydrogen-bond donors (Lipinski definition) is 2. The van der Waals surface area contributed by atoms with Crippen LogP contribution >= 0.6 is 15.9 Å². The molecule has 1 fully saturated rings. The van der Waals surface area contributed by atoms with E-state index >= 15 is 0 Å². The smallest absolute Gasteiger partial charge is 0.244 e. The van der Waals surface area contributed by atoms with Crippen molar-refractivity contribution < 1.29 is 13.2 Å². The van der Waals surface area contributed by atoms with Crippen molar-refractivity contribution in [3.8, 4) is 0 Å². The Balaban J connectivity index is 1.84. The highest BCUT2D eigenvalue weighted by Crippen LogP contribution is 2.28. The number of anilines is 1. The average Bonchev–Trinajstić information content (AvgIpc) is 3.27. The molecule has 0 bridgehead atoms. The molecule has 0 radical (unpaired) electrons. The van der Waals surface area contributed by atoms with Gasteiger partial charge in [0.25, 0.3) is 0 Å². The second kappa shape index (κ2) is 7.53. The average molecular weight is 378 g/mol. The standard InChI is InChI=1S/C13H20BrN3O3S/c1-15-13-12(7-11(14)8-16-13)21(18,19)17-5-2-6-20-9-10-3-4-10/h7-8,10,17H,2-6,9H2,1H3,(H,15,16). The van der Waals surface area contributed by atoms with Crippen LogP contribution in [0.2, 0.25) is 0 Å². The first kappa shape index (κ1) is 16.7. The van der Waals surface area contributed by atoms with Crippen LogP contribution in [0.4, 0.5) is 5.82 Å². The van der Waals surface area contributed by atoms with Crippen LogP contribution in [0.5, 0.6) is 0 Å². The number of nitrogens with zero attached hydrogens (tertiary/aromatic N) is 1. The molecule has 0 unspecified atom stereocenters. The molecule has 6 nitrogen and oxygen atoms in total. The summed E-state index contributed by atoms with van der Waals surface area (Å²) in [5.74, 6) is 1.06. The molecular formula is C13H20BrN3O3S. The zero-order valence-electron chi connectivity index (χ0n) is 11.9. The van der Waals surface area contributed by atoms with Crippen LogP contribution in [0.1, 0.15) is 19.3 Å². The molecule has 0 amide bonds. The van der Waals surface area contributed by atoms with Gasteiger partial charge in [-0.05, 0) is 47.2 Å². The normalized spacial score (nSPS) is 15.1. The molecule has 1 heterocycles. The van der Waals surface area contributed by atoms with Crippen molar-refractivity contribution >= 4 is 31.8 Å². The molecular weight excluding hydrogens is 358 g/mol. The van der Waals surface area contributed by atoms with Crippen LogP contribution in [0, 0.1) is 5.92 Å². The number of nitrogens with one attached hydrogen (secondary N) is 2. The highest BCUT2D eigenvalue weighted by Gasteiger charge is 2.21. The molecule has 2 N–H and O–H groups in total. The number of hydrogen-bond acceptors (Lipinski definition) is 5. The van der Waals surface area contributed by atoms with E-state index in [0.29, 0.717) is 29.9 Å². The van der Waals surface area contributed by atoms with Gasteiger partial charge in [0, 0.05) is 37.5 Å². The number of pyridine rings is 1. The Bertz CT molecular complexity index is 576. The first-order valence-corrected chi connectivity index (χ1v) is 9.21. The Kier molecular flexibility index (Phi) is 5.98. The predicted molar refractivity (Wildman–Crippen MR) is 84.8 cm³/mol. The summed E-state index contributed by atoms with van der Waals surface area (Å²) >= 11 is 3.24. The second-order valence-corrected chi connectivity index (χ2v) is 7.67. The van der Waals surface area contributed by atoms with Gasteiger partial charge in [-0.15, -0.1) is 0 Å². The lowest BCUT2D eigenvalue weighted by atomic mass is 10.4. The second-order valence-electron chi connectivity index (χ2n) is 5.02. The lowest BCUT2D eigenvalue weighted by Crippen LogP contribution is -2.26. The fourth-order valence-electron chi connectivity index (χ4n) is 1.81. The van der Waals surface area contributed by atoms with Crippen molar-refractivity contribution in [3.05, 3.63) is 16.7 Å². The van der Waals surface area contributed by atoms with Crippen LogP contribution in [0.15, 0.2) is 21.6 Å². The van der Waals surface area contributed by atoms with Crippen molar-refractivity contribution in [2.75, 3.05) is 32.1 Å². The number of sulfonamides is 1. The minimum Gasteiger partial charge on any atom is -0.381 e. The van der Waals surface area contributed by atoms with E-state index in [1.807, 2.05) is 0 Å². The number of rotatable bonds is 9. The van der Waals surface area contributed by atoms with Gasteiger partial charge in [0.15, 0.2) is 0 Å². The van der Waals surface area contributed by atoms with Gasteiger partial charge in [-0.25, -0.2) is 18.1 Å². The van der Waals surface area contributed by atoms with Crippen LogP contribution in [-0.4, -0.2) is 40.2 Å². The monoisotopic (exact) mass is 377 g/mol. The molecule has 1 aliphatic rings. The van der Waals surface area contributed by atoms with Gasteiger partial charge < -0.3 is 10.1 Å². The van der Waals surface area contributed by atoms with Gasteiger partial charge in [-0.3, -0.25) is 0 Å². The lowest BCUT2D eigenvalue weighted by Gasteiger charge is -2.11. The van der Waals surface area contributed by atoms with Gasteiger partial charge >= 0.3 is 0 Å². The fourth-order valence-corrected chi connectivity index (χ4v) is 3.55. The van der Waals surface area contributed by atoms with E-state index in [1.165, 1.54) is 18.9 Å². The number of ether oxygens (including phenoxy) is 1. The van der Waals surface area contributed by atoms with Crippen molar-refractivity contribution in [1.82, 2.24) is 9.71 Å². The Morgan fingerprint density at radius 2 is 2.24 bits per heavy atom. The third kappa shape index (κ3) is 5.21. The largest absolute Gasteiger partial charge is 0.381 e. The Labute approximate surface area is 133 Å². The summed E-state index contributed by atoms with van der Waals surface area (Å²) in [7, 11) is -1.94. The molecule has 8 heteroatoms. The molecule has 0 saturated heterocycles. The summed E-state index contributed by atoms with van der Waals surface area (Å²) in [5, 5.41) is 2.78. The first-order valence-electron chi connectivity index (χ1n) is 6.93. The summed E-state index contributed by atoms with van der Waals surface area (Å²) in [5.41, 5.74) is 0. The first-order chi connectivity index (χ1) is 10.0. The van der Waals surface area contributed by atoms with E-state index in [-0.39, 0.29) is 4.90 Å². The summed E-state index contributed by atoms with van der Waals surface area (Å²) in [4.78, 5) is 4.18. The van der Waals surface area contributed by atoms with Gasteiger partial charge in [0.2, 0.25) is 10.0 Å². The van der Waals surface area contributed by atoms with Crippen molar-refractivity contribution in [2.45, 2.75) is 24.2 Å². The maximum atomic E-state index is 12.3. The predicted octanol–water partition coefficient (Wildman–Crippen LogP) is 1.98. The van der Waals surface area contributed by atoms with Gasteiger partial charge in [0.1, 0.15) is 10.7 Å². The van der Waals surface area contributed by atoms with Crippen LogP contribution in [0.3, 0.4) is 0 Å². The molecule has 2 rings (SSSR count). The minimum absolute atomic E-state index is 0.137. The maximum absolute atomic E-state index is 12.3. The molecule has 0 aromatic carbocycles. The SMILES string of the molecule is CNc1ncc(Br)cc1S(=O)(=O)NCCCOCC1CC1. The third-order valence-corrected chi connectivity index (χ3v) is 5.06. The molecule has 118 valence electrons. The van der Waals surface area contributed by atoms with Crippen molar-refractivity contribution in [1.29, 1.82) is 0 Å². The van der Waals surface area contributed by atoms with Crippen LogP contribution < -0.4 is 10.0 Å². The number of aromatic nitrogens is 1. The molecule has 0 atom stereocenters. The van der Waals surface area contributed by atoms with Crippen molar-refractivity contribution in [3.63, 3.8) is 0 Å². The van der Waals surface area contributed by atoms with E-state index in [0.717, 1.165) is 12.5 Å². The molecule has 0 aliphatic heterocycles. The number of halogens is 1. The third-order valence-electron chi connectivity index (χ3n) is 3.15. The van der Waals surface area contributed by atoms with Gasteiger partial charge in [0.05, 0.1) is 0 Å². The summed E-state index contributed by atoms with van der Waals surface area (Å²) in [6, 6.07) is 1.53. The van der Waals surface area contributed by atoms with E-state index < -0.39 is 10.0 Å². The maximum Gasteiger partial charge on any atom is 0.244 e. The summed E-state index contributed by atoms with van der Waals surface area (Å²) < 4.78 is 33.2. The molecule has 1 saturated carbocycles. The quantitative estimate of drug-likeness (QED) is 0.643. The summed E-state index contributed by atoms with van der Waals surface area (Å²) in [6.07, 6.45) is 4.73. The van der Waals surface area contributed by atoms with E-state index in [9.17, 15) is 8.42 Å².